The molecule has 5 rings (SSSR count). The number of aromatic nitrogens is 3. The maximum atomic E-state index is 13.3. The van der Waals surface area contributed by atoms with Crippen LogP contribution in [0.5, 0.6) is 0 Å². The Labute approximate surface area is 196 Å². The van der Waals surface area contributed by atoms with Crippen LogP contribution in [-0.4, -0.2) is 69.7 Å². The third-order valence-electron chi connectivity index (χ3n) is 6.69. The van der Waals surface area contributed by atoms with Gasteiger partial charge in [0.1, 0.15) is 11.7 Å². The van der Waals surface area contributed by atoms with Gasteiger partial charge >= 0.3 is 0 Å². The minimum absolute atomic E-state index is 0.0865. The second kappa shape index (κ2) is 8.98. The molecule has 0 aliphatic carbocycles. The van der Waals surface area contributed by atoms with Crippen LogP contribution in [0.1, 0.15) is 52.1 Å². The summed E-state index contributed by atoms with van der Waals surface area (Å²) < 4.78 is 1.86. The highest BCUT2D eigenvalue weighted by Crippen LogP contribution is 2.34. The van der Waals surface area contributed by atoms with Crippen molar-refractivity contribution in [2.45, 2.75) is 44.8 Å². The predicted octanol–water partition coefficient (Wildman–Crippen LogP) is 0.315. The second-order valence-electron chi connectivity index (χ2n) is 9.15. The number of nitrogens with one attached hydrogen (secondary N) is 2. The predicted molar refractivity (Wildman–Crippen MR) is 121 cm³/mol. The zero-order valence-corrected chi connectivity index (χ0v) is 19.0. The molecule has 1 aromatic heterocycles. The van der Waals surface area contributed by atoms with Gasteiger partial charge in [0.25, 0.3) is 11.8 Å². The van der Waals surface area contributed by atoms with Crippen molar-refractivity contribution >= 4 is 29.3 Å². The molecule has 2 aromatic rings. The van der Waals surface area contributed by atoms with Gasteiger partial charge in [-0.3, -0.25) is 34.1 Å². The molecule has 4 heterocycles. The summed E-state index contributed by atoms with van der Waals surface area (Å²) in [4.78, 5) is 53.0. The highest BCUT2D eigenvalue weighted by Gasteiger charge is 2.45. The summed E-state index contributed by atoms with van der Waals surface area (Å²) in [5, 5.41) is 14.2. The van der Waals surface area contributed by atoms with E-state index in [1.807, 2.05) is 22.8 Å². The lowest BCUT2D eigenvalue weighted by Gasteiger charge is -2.28. The fourth-order valence-electron chi connectivity index (χ4n) is 4.99. The number of hydrogen-bond acceptors (Lipinski definition) is 8. The summed E-state index contributed by atoms with van der Waals surface area (Å²) in [5.74, 6) is -1.53. The van der Waals surface area contributed by atoms with E-state index in [9.17, 15) is 19.2 Å². The number of nitrogens with zero attached hydrogens (tertiary/aromatic N) is 5. The molecule has 0 radical (unpaired) electrons. The van der Waals surface area contributed by atoms with Crippen LogP contribution in [0.3, 0.4) is 0 Å². The van der Waals surface area contributed by atoms with Crippen molar-refractivity contribution in [3.63, 3.8) is 0 Å². The normalized spacial score (nSPS) is 22.7. The van der Waals surface area contributed by atoms with E-state index in [1.54, 1.807) is 18.2 Å². The maximum Gasteiger partial charge on any atom is 0.264 e. The Morgan fingerprint density at radius 1 is 1.15 bits per heavy atom. The van der Waals surface area contributed by atoms with Gasteiger partial charge < -0.3 is 10.2 Å². The van der Waals surface area contributed by atoms with E-state index in [0.29, 0.717) is 18.2 Å². The Kier molecular flexibility index (Phi) is 5.86. The molecule has 2 unspecified atom stereocenters. The SMILES string of the molecule is CN(Cc1cn(CC2CCCNC2)nn1)c1cccc2c1C(=O)N(C1CCC(=O)NC1=O)C2=O. The molecule has 3 aliphatic rings. The smallest absolute Gasteiger partial charge is 0.264 e. The van der Waals surface area contributed by atoms with E-state index in [0.717, 1.165) is 43.1 Å². The number of benzene rings is 1. The Morgan fingerprint density at radius 3 is 2.76 bits per heavy atom. The number of amides is 4. The van der Waals surface area contributed by atoms with E-state index in [-0.39, 0.29) is 24.0 Å². The van der Waals surface area contributed by atoms with Gasteiger partial charge in [-0.15, -0.1) is 5.10 Å². The number of rotatable bonds is 6. The monoisotopic (exact) mass is 465 g/mol. The van der Waals surface area contributed by atoms with E-state index in [1.165, 1.54) is 0 Å². The lowest BCUT2D eigenvalue weighted by molar-refractivity contribution is -0.136. The standard InChI is InChI=1S/C23H27N7O4/c1-28(12-15-13-29(27-26-15)11-14-4-3-9-24-10-14)17-6-2-5-16-20(17)23(34)30(22(16)33)18-7-8-19(31)25-21(18)32/h2,5-6,13-14,18,24H,3-4,7-12H2,1H3,(H,25,31,32). The number of piperidine rings is 2. The summed E-state index contributed by atoms with van der Waals surface area (Å²) in [6.07, 6.45) is 4.45. The van der Waals surface area contributed by atoms with Crippen molar-refractivity contribution in [1.29, 1.82) is 0 Å². The number of anilines is 1. The largest absolute Gasteiger partial charge is 0.368 e. The molecule has 34 heavy (non-hydrogen) atoms. The van der Waals surface area contributed by atoms with Gasteiger partial charge in [0.2, 0.25) is 11.8 Å². The lowest BCUT2D eigenvalue weighted by atomic mass is 10.00. The third-order valence-corrected chi connectivity index (χ3v) is 6.69. The molecule has 0 saturated carbocycles. The van der Waals surface area contributed by atoms with Crippen molar-refractivity contribution in [2.75, 3.05) is 25.0 Å². The van der Waals surface area contributed by atoms with Crippen LogP contribution in [-0.2, 0) is 22.7 Å². The van der Waals surface area contributed by atoms with Crippen LogP contribution >= 0.6 is 0 Å². The summed E-state index contributed by atoms with van der Waals surface area (Å²) in [7, 11) is 1.83. The molecule has 2 fully saturated rings. The van der Waals surface area contributed by atoms with Crippen molar-refractivity contribution < 1.29 is 19.2 Å². The van der Waals surface area contributed by atoms with Gasteiger partial charge in [-0.05, 0) is 50.4 Å². The Hall–Kier alpha value is -3.60. The van der Waals surface area contributed by atoms with Gasteiger partial charge in [0.15, 0.2) is 0 Å². The van der Waals surface area contributed by atoms with Gasteiger partial charge in [-0.25, -0.2) is 0 Å². The van der Waals surface area contributed by atoms with Crippen LogP contribution < -0.4 is 15.5 Å². The molecule has 11 nitrogen and oxygen atoms in total. The van der Waals surface area contributed by atoms with Crippen LogP contribution in [0.2, 0.25) is 0 Å². The highest BCUT2D eigenvalue weighted by atomic mass is 16.2. The molecule has 1 aromatic carbocycles. The molecule has 0 spiro atoms. The first-order valence-corrected chi connectivity index (χ1v) is 11.6. The summed E-state index contributed by atoms with van der Waals surface area (Å²) >= 11 is 0. The molecule has 0 bridgehead atoms. The van der Waals surface area contributed by atoms with Crippen molar-refractivity contribution in [2.24, 2.45) is 5.92 Å². The minimum atomic E-state index is -0.988. The average Bonchev–Trinajstić information content (AvgIpc) is 3.36. The van der Waals surface area contributed by atoms with Gasteiger partial charge in [0, 0.05) is 20.0 Å². The van der Waals surface area contributed by atoms with Crippen molar-refractivity contribution in [3.8, 4) is 0 Å². The number of fused-ring (bicyclic) bond motifs is 1. The Bertz CT molecular complexity index is 1150. The molecule has 2 N–H and O–H groups in total. The van der Waals surface area contributed by atoms with Gasteiger partial charge in [0.05, 0.1) is 29.6 Å². The van der Waals surface area contributed by atoms with E-state index in [2.05, 4.69) is 20.9 Å². The Morgan fingerprint density at radius 2 is 2.00 bits per heavy atom. The highest BCUT2D eigenvalue weighted by molar-refractivity contribution is 6.25. The zero-order valence-electron chi connectivity index (χ0n) is 19.0. The average molecular weight is 466 g/mol. The summed E-state index contributed by atoms with van der Waals surface area (Å²) in [6.45, 7) is 3.25. The molecule has 2 atom stereocenters. The molecule has 2 saturated heterocycles. The molecular formula is C23H27N7O4. The molecule has 3 aliphatic heterocycles. The number of carbonyl (C=O) groups is 4. The third kappa shape index (κ3) is 4.07. The molecule has 178 valence electrons. The summed E-state index contributed by atoms with van der Waals surface area (Å²) in [5.41, 5.74) is 1.85. The van der Waals surface area contributed by atoms with E-state index in [4.69, 9.17) is 0 Å². The topological polar surface area (TPSA) is 130 Å². The van der Waals surface area contributed by atoms with Crippen molar-refractivity contribution in [1.82, 2.24) is 30.5 Å². The number of imide groups is 2. The van der Waals surface area contributed by atoms with Crippen LogP contribution in [0.15, 0.2) is 24.4 Å². The summed E-state index contributed by atoms with van der Waals surface area (Å²) in [6, 6.07) is 4.09. The zero-order chi connectivity index (χ0) is 23.8. The molecule has 11 heteroatoms. The second-order valence-corrected chi connectivity index (χ2v) is 9.15. The minimum Gasteiger partial charge on any atom is -0.368 e. The van der Waals surface area contributed by atoms with E-state index >= 15 is 0 Å². The van der Waals surface area contributed by atoms with Gasteiger partial charge in [-0.1, -0.05) is 11.3 Å². The first-order valence-electron chi connectivity index (χ1n) is 11.6. The first kappa shape index (κ1) is 22.2. The quantitative estimate of drug-likeness (QED) is 0.584. The molecule has 4 amide bonds. The lowest BCUT2D eigenvalue weighted by Crippen LogP contribution is -2.54. The molecular weight excluding hydrogens is 438 g/mol. The number of carbonyl (C=O) groups excluding carboxylic acids is 4. The van der Waals surface area contributed by atoms with E-state index < -0.39 is 29.7 Å². The first-order chi connectivity index (χ1) is 16.4. The fourth-order valence-corrected chi connectivity index (χ4v) is 4.99. The van der Waals surface area contributed by atoms with Crippen LogP contribution in [0.25, 0.3) is 0 Å². The van der Waals surface area contributed by atoms with Crippen LogP contribution in [0, 0.1) is 5.92 Å². The van der Waals surface area contributed by atoms with Crippen molar-refractivity contribution in [3.05, 3.63) is 41.2 Å². The number of hydrogen-bond donors (Lipinski definition) is 2. The van der Waals surface area contributed by atoms with Crippen LogP contribution in [0.4, 0.5) is 5.69 Å². The fraction of sp³-hybridized carbons (Fsp3) is 0.478. The van der Waals surface area contributed by atoms with Gasteiger partial charge in [-0.2, -0.15) is 0 Å². The Balaban J connectivity index is 1.33. The maximum absolute atomic E-state index is 13.3.